The van der Waals surface area contributed by atoms with Gasteiger partial charge in [0.25, 0.3) is 0 Å². The first kappa shape index (κ1) is 14.8. The molecular formula is C11H8F4N4O2. The third kappa shape index (κ3) is 2.64. The Morgan fingerprint density at radius 1 is 1.38 bits per heavy atom. The van der Waals surface area contributed by atoms with Crippen molar-refractivity contribution >= 4 is 11.8 Å². The van der Waals surface area contributed by atoms with Crippen LogP contribution >= 0.6 is 0 Å². The zero-order valence-electron chi connectivity index (χ0n) is 10.4. The second-order valence-corrected chi connectivity index (χ2v) is 3.87. The van der Waals surface area contributed by atoms with Crippen LogP contribution < -0.4 is 5.32 Å². The van der Waals surface area contributed by atoms with Crippen LogP contribution in [-0.2, 0) is 6.18 Å². The van der Waals surface area contributed by atoms with E-state index in [-0.39, 0.29) is 11.6 Å². The lowest BCUT2D eigenvalue weighted by molar-refractivity contribution is -0.143. The standard InChI is InChI=1S/C11H8F4N4O2/c1-16-9-6(12)2-3-7(18-9)19-8(11(13,14)15)5(4-17-19)10(20)21/h2-4H,1H3,(H,16,18)(H,20,21). The van der Waals surface area contributed by atoms with Crippen LogP contribution in [0, 0.1) is 5.82 Å². The Balaban J connectivity index is 2.67. The number of nitrogens with zero attached hydrogens (tertiary/aromatic N) is 3. The molecule has 0 fully saturated rings. The quantitative estimate of drug-likeness (QED) is 0.849. The maximum absolute atomic E-state index is 13.3. The first-order valence-electron chi connectivity index (χ1n) is 5.49. The van der Waals surface area contributed by atoms with E-state index in [0.717, 1.165) is 12.1 Å². The summed E-state index contributed by atoms with van der Waals surface area (Å²) >= 11 is 0. The lowest BCUT2D eigenvalue weighted by Gasteiger charge is -2.11. The molecule has 0 aromatic carbocycles. The van der Waals surface area contributed by atoms with Gasteiger partial charge in [-0.05, 0) is 12.1 Å². The van der Waals surface area contributed by atoms with E-state index >= 15 is 0 Å². The van der Waals surface area contributed by atoms with E-state index in [0.29, 0.717) is 10.9 Å². The molecule has 0 saturated carbocycles. The van der Waals surface area contributed by atoms with Crippen LogP contribution in [0.2, 0.25) is 0 Å². The van der Waals surface area contributed by atoms with Crippen molar-refractivity contribution < 1.29 is 27.5 Å². The normalized spacial score (nSPS) is 11.5. The zero-order chi connectivity index (χ0) is 15.8. The topological polar surface area (TPSA) is 80.0 Å². The summed E-state index contributed by atoms with van der Waals surface area (Å²) in [5, 5.41) is 14.5. The highest BCUT2D eigenvalue weighted by Crippen LogP contribution is 2.33. The van der Waals surface area contributed by atoms with E-state index in [1.54, 1.807) is 0 Å². The number of pyridine rings is 1. The monoisotopic (exact) mass is 304 g/mol. The van der Waals surface area contributed by atoms with Gasteiger partial charge in [0.15, 0.2) is 23.1 Å². The molecule has 0 aliphatic heterocycles. The average Bonchev–Trinajstić information content (AvgIpc) is 2.84. The first-order chi connectivity index (χ1) is 9.75. The van der Waals surface area contributed by atoms with Crippen molar-refractivity contribution in [2.75, 3.05) is 12.4 Å². The predicted molar refractivity (Wildman–Crippen MR) is 62.8 cm³/mol. The Morgan fingerprint density at radius 2 is 2.05 bits per heavy atom. The molecule has 2 rings (SSSR count). The molecule has 6 nitrogen and oxygen atoms in total. The fraction of sp³-hybridized carbons (Fsp3) is 0.182. The summed E-state index contributed by atoms with van der Waals surface area (Å²) in [4.78, 5) is 14.5. The Morgan fingerprint density at radius 3 is 2.57 bits per heavy atom. The van der Waals surface area contributed by atoms with E-state index in [2.05, 4.69) is 15.4 Å². The highest BCUT2D eigenvalue weighted by atomic mass is 19.4. The molecule has 21 heavy (non-hydrogen) atoms. The molecule has 0 radical (unpaired) electrons. The van der Waals surface area contributed by atoms with Crippen molar-refractivity contribution in [1.29, 1.82) is 0 Å². The maximum atomic E-state index is 13.3. The molecular weight excluding hydrogens is 296 g/mol. The number of halogens is 4. The van der Waals surface area contributed by atoms with Crippen molar-refractivity contribution in [1.82, 2.24) is 14.8 Å². The number of rotatable bonds is 3. The van der Waals surface area contributed by atoms with Gasteiger partial charge in [0, 0.05) is 7.05 Å². The largest absolute Gasteiger partial charge is 0.478 e. The number of alkyl halides is 3. The molecule has 0 spiro atoms. The van der Waals surface area contributed by atoms with E-state index in [1.165, 1.54) is 7.05 Å². The predicted octanol–water partition coefficient (Wildman–Crippen LogP) is 2.17. The van der Waals surface area contributed by atoms with Gasteiger partial charge in [-0.3, -0.25) is 0 Å². The Bertz CT molecular complexity index is 696. The van der Waals surface area contributed by atoms with Gasteiger partial charge in [0.2, 0.25) is 0 Å². The third-order valence-electron chi connectivity index (χ3n) is 2.55. The van der Waals surface area contributed by atoms with Gasteiger partial charge >= 0.3 is 12.1 Å². The van der Waals surface area contributed by atoms with Gasteiger partial charge in [0.05, 0.1) is 6.20 Å². The van der Waals surface area contributed by atoms with Gasteiger partial charge in [-0.15, -0.1) is 0 Å². The highest BCUT2D eigenvalue weighted by Gasteiger charge is 2.41. The fourth-order valence-electron chi connectivity index (χ4n) is 1.68. The number of nitrogens with one attached hydrogen (secondary N) is 1. The van der Waals surface area contributed by atoms with Crippen LogP contribution in [0.5, 0.6) is 0 Å². The number of carbonyl (C=O) groups is 1. The van der Waals surface area contributed by atoms with Gasteiger partial charge in [-0.2, -0.15) is 18.3 Å². The van der Waals surface area contributed by atoms with Gasteiger partial charge in [-0.25, -0.2) is 18.9 Å². The molecule has 2 aromatic heterocycles. The second-order valence-electron chi connectivity index (χ2n) is 3.87. The van der Waals surface area contributed by atoms with Crippen LogP contribution in [-0.4, -0.2) is 32.9 Å². The highest BCUT2D eigenvalue weighted by molar-refractivity contribution is 5.89. The van der Waals surface area contributed by atoms with Crippen LogP contribution in [0.1, 0.15) is 16.1 Å². The number of anilines is 1. The minimum atomic E-state index is -4.96. The summed E-state index contributed by atoms with van der Waals surface area (Å²) in [5.74, 6) is -3.18. The molecule has 112 valence electrons. The smallest absolute Gasteiger partial charge is 0.434 e. The number of carboxylic acid groups (broad SMARTS) is 1. The van der Waals surface area contributed by atoms with Crippen LogP contribution in [0.15, 0.2) is 18.3 Å². The third-order valence-corrected chi connectivity index (χ3v) is 2.55. The van der Waals surface area contributed by atoms with E-state index in [4.69, 9.17) is 5.11 Å². The molecule has 0 amide bonds. The SMILES string of the molecule is CNc1nc(-n2ncc(C(=O)O)c2C(F)(F)F)ccc1F. The van der Waals surface area contributed by atoms with Crippen molar-refractivity contribution in [2.24, 2.45) is 0 Å². The summed E-state index contributed by atoms with van der Waals surface area (Å²) in [6.07, 6.45) is -4.39. The molecule has 2 heterocycles. The fourth-order valence-corrected chi connectivity index (χ4v) is 1.68. The second kappa shape index (κ2) is 5.04. The number of aromatic nitrogens is 3. The number of hydrogen-bond acceptors (Lipinski definition) is 4. The Kier molecular flexibility index (Phi) is 3.54. The minimum absolute atomic E-state index is 0.284. The molecule has 2 N–H and O–H groups in total. The van der Waals surface area contributed by atoms with Gasteiger partial charge < -0.3 is 10.4 Å². The number of aromatic carboxylic acids is 1. The van der Waals surface area contributed by atoms with Crippen LogP contribution in [0.25, 0.3) is 5.82 Å². The van der Waals surface area contributed by atoms with Crippen molar-refractivity contribution in [3.05, 3.63) is 35.4 Å². The minimum Gasteiger partial charge on any atom is -0.478 e. The molecule has 0 saturated heterocycles. The summed E-state index contributed by atoms with van der Waals surface area (Å²) in [6, 6.07) is 1.86. The number of carboxylic acids is 1. The summed E-state index contributed by atoms with van der Waals surface area (Å²) in [6.45, 7) is 0. The molecule has 0 atom stereocenters. The lowest BCUT2D eigenvalue weighted by Crippen LogP contribution is -2.18. The Labute approximate surface area is 115 Å². The first-order valence-corrected chi connectivity index (χ1v) is 5.49. The number of hydrogen-bond donors (Lipinski definition) is 2. The van der Waals surface area contributed by atoms with E-state index in [9.17, 15) is 22.4 Å². The summed E-state index contributed by atoms with van der Waals surface area (Å²) in [7, 11) is 1.34. The van der Waals surface area contributed by atoms with E-state index in [1.807, 2.05) is 0 Å². The molecule has 10 heteroatoms. The van der Waals surface area contributed by atoms with E-state index < -0.39 is 29.2 Å². The molecule has 0 unspecified atom stereocenters. The van der Waals surface area contributed by atoms with Crippen molar-refractivity contribution in [3.8, 4) is 5.82 Å². The zero-order valence-corrected chi connectivity index (χ0v) is 10.4. The van der Waals surface area contributed by atoms with Crippen molar-refractivity contribution in [2.45, 2.75) is 6.18 Å². The van der Waals surface area contributed by atoms with Crippen molar-refractivity contribution in [3.63, 3.8) is 0 Å². The average molecular weight is 304 g/mol. The van der Waals surface area contributed by atoms with Gasteiger partial charge in [0.1, 0.15) is 5.56 Å². The molecule has 0 aliphatic rings. The Hall–Kier alpha value is -2.65. The molecule has 2 aromatic rings. The molecule has 0 aliphatic carbocycles. The summed E-state index contributed by atoms with van der Waals surface area (Å²) in [5.41, 5.74) is -2.50. The van der Waals surface area contributed by atoms with Crippen LogP contribution in [0.4, 0.5) is 23.4 Å². The van der Waals surface area contributed by atoms with Gasteiger partial charge in [-0.1, -0.05) is 0 Å². The van der Waals surface area contributed by atoms with Crippen LogP contribution in [0.3, 0.4) is 0 Å². The molecule has 0 bridgehead atoms. The maximum Gasteiger partial charge on any atom is 0.434 e. The lowest BCUT2D eigenvalue weighted by atomic mass is 10.2. The summed E-state index contributed by atoms with van der Waals surface area (Å²) < 4.78 is 52.6.